The molecule has 120 valence electrons. The van der Waals surface area contributed by atoms with E-state index >= 15 is 0 Å². The topological polar surface area (TPSA) is 61.4 Å². The summed E-state index contributed by atoms with van der Waals surface area (Å²) in [4.78, 5) is 26.2. The van der Waals surface area contributed by atoms with Gasteiger partial charge in [0.2, 0.25) is 5.91 Å². The van der Waals surface area contributed by atoms with Gasteiger partial charge < -0.3 is 15.5 Å². The lowest BCUT2D eigenvalue weighted by atomic mass is 9.97. The minimum atomic E-state index is -0.145. The lowest BCUT2D eigenvalue weighted by Gasteiger charge is -2.32. The summed E-state index contributed by atoms with van der Waals surface area (Å²) < 4.78 is 0. The van der Waals surface area contributed by atoms with Gasteiger partial charge in [0.1, 0.15) is 0 Å². The summed E-state index contributed by atoms with van der Waals surface area (Å²) in [5.74, 6) is -0.154. The van der Waals surface area contributed by atoms with Crippen LogP contribution in [0.15, 0.2) is 24.3 Å². The molecule has 2 rings (SSSR count). The molecule has 1 aliphatic heterocycles. The normalized spacial score (nSPS) is 18.2. The van der Waals surface area contributed by atoms with Gasteiger partial charge in [0, 0.05) is 24.8 Å². The van der Waals surface area contributed by atoms with Crippen LogP contribution in [0.1, 0.15) is 32.3 Å². The number of benzene rings is 1. The highest BCUT2D eigenvalue weighted by molar-refractivity contribution is 5.93. The van der Waals surface area contributed by atoms with Gasteiger partial charge in [-0.05, 0) is 45.7 Å². The quantitative estimate of drug-likeness (QED) is 0.902. The monoisotopic (exact) mass is 303 g/mol. The molecule has 1 fully saturated rings. The summed E-state index contributed by atoms with van der Waals surface area (Å²) in [6.07, 6.45) is 1.68. The molecule has 1 saturated heterocycles. The van der Waals surface area contributed by atoms with Crippen LogP contribution < -0.4 is 10.6 Å². The SMILES string of the molecule is Cc1ccc(NC(=O)C2CCCN(C(=O)NC(C)C)C2)cc1. The van der Waals surface area contributed by atoms with E-state index < -0.39 is 0 Å². The molecule has 5 heteroatoms. The zero-order chi connectivity index (χ0) is 16.1. The number of urea groups is 1. The Kier molecular flexibility index (Phi) is 5.41. The maximum atomic E-state index is 12.4. The Balaban J connectivity index is 1.92. The molecule has 2 N–H and O–H groups in total. The van der Waals surface area contributed by atoms with Crippen molar-refractivity contribution in [3.8, 4) is 0 Å². The van der Waals surface area contributed by atoms with E-state index in [-0.39, 0.29) is 23.9 Å². The lowest BCUT2D eigenvalue weighted by Crippen LogP contribution is -2.49. The van der Waals surface area contributed by atoms with Crippen molar-refractivity contribution in [1.29, 1.82) is 0 Å². The highest BCUT2D eigenvalue weighted by Crippen LogP contribution is 2.19. The molecular weight excluding hydrogens is 278 g/mol. The Morgan fingerprint density at radius 3 is 2.55 bits per heavy atom. The molecule has 22 heavy (non-hydrogen) atoms. The van der Waals surface area contributed by atoms with Crippen molar-refractivity contribution >= 4 is 17.6 Å². The van der Waals surface area contributed by atoms with Crippen LogP contribution in [0.25, 0.3) is 0 Å². The van der Waals surface area contributed by atoms with Gasteiger partial charge >= 0.3 is 6.03 Å². The number of nitrogens with one attached hydrogen (secondary N) is 2. The van der Waals surface area contributed by atoms with Crippen LogP contribution in [0, 0.1) is 12.8 Å². The van der Waals surface area contributed by atoms with Crippen molar-refractivity contribution < 1.29 is 9.59 Å². The second-order valence-corrected chi connectivity index (χ2v) is 6.24. The zero-order valence-electron chi connectivity index (χ0n) is 13.6. The molecule has 1 aliphatic rings. The molecule has 0 spiro atoms. The maximum absolute atomic E-state index is 12.4. The van der Waals surface area contributed by atoms with Crippen molar-refractivity contribution in [3.05, 3.63) is 29.8 Å². The number of carbonyl (C=O) groups excluding carboxylic acids is 2. The lowest BCUT2D eigenvalue weighted by molar-refractivity contribution is -0.121. The summed E-state index contributed by atoms with van der Waals surface area (Å²) in [5, 5.41) is 5.82. The molecule has 1 unspecified atom stereocenters. The molecule has 1 aromatic carbocycles. The molecule has 0 saturated carbocycles. The van der Waals surface area contributed by atoms with Crippen molar-refractivity contribution in [2.45, 2.75) is 39.7 Å². The Morgan fingerprint density at radius 2 is 1.91 bits per heavy atom. The average Bonchev–Trinajstić information content (AvgIpc) is 2.49. The van der Waals surface area contributed by atoms with Gasteiger partial charge in [0.15, 0.2) is 0 Å². The number of nitrogens with zero attached hydrogens (tertiary/aromatic N) is 1. The second-order valence-electron chi connectivity index (χ2n) is 6.24. The van der Waals surface area contributed by atoms with Crippen LogP contribution in [0.5, 0.6) is 0 Å². The first kappa shape index (κ1) is 16.3. The van der Waals surface area contributed by atoms with Crippen LogP contribution in [0.2, 0.25) is 0 Å². The predicted octanol–water partition coefficient (Wildman–Crippen LogP) is 2.76. The van der Waals surface area contributed by atoms with Crippen molar-refractivity contribution in [1.82, 2.24) is 10.2 Å². The molecule has 1 atom stereocenters. The molecule has 1 aromatic rings. The maximum Gasteiger partial charge on any atom is 0.317 e. The van der Waals surface area contributed by atoms with E-state index in [9.17, 15) is 9.59 Å². The van der Waals surface area contributed by atoms with E-state index in [0.29, 0.717) is 13.1 Å². The Labute approximate surface area is 132 Å². The molecule has 0 radical (unpaired) electrons. The van der Waals surface area contributed by atoms with E-state index in [1.54, 1.807) is 4.90 Å². The fourth-order valence-electron chi connectivity index (χ4n) is 2.60. The number of anilines is 1. The first-order chi connectivity index (χ1) is 10.5. The van der Waals surface area contributed by atoms with Gasteiger partial charge in [-0.2, -0.15) is 0 Å². The first-order valence-electron chi connectivity index (χ1n) is 7.88. The van der Waals surface area contributed by atoms with Crippen LogP contribution >= 0.6 is 0 Å². The van der Waals surface area contributed by atoms with Gasteiger partial charge in [0.25, 0.3) is 0 Å². The van der Waals surface area contributed by atoms with Gasteiger partial charge in [-0.15, -0.1) is 0 Å². The number of carbonyl (C=O) groups is 2. The van der Waals surface area contributed by atoms with Gasteiger partial charge in [-0.1, -0.05) is 17.7 Å². The van der Waals surface area contributed by atoms with E-state index in [4.69, 9.17) is 0 Å². The number of hydrogen-bond acceptors (Lipinski definition) is 2. The summed E-state index contributed by atoms with van der Waals surface area (Å²) in [6, 6.07) is 7.77. The summed E-state index contributed by atoms with van der Waals surface area (Å²) in [5.41, 5.74) is 1.96. The third kappa shape index (κ3) is 4.48. The third-order valence-corrected chi connectivity index (χ3v) is 3.81. The number of piperidine rings is 1. The Morgan fingerprint density at radius 1 is 1.23 bits per heavy atom. The van der Waals surface area contributed by atoms with Crippen molar-refractivity contribution in [2.75, 3.05) is 18.4 Å². The van der Waals surface area contributed by atoms with E-state index in [1.165, 1.54) is 0 Å². The molecule has 0 aliphatic carbocycles. The summed E-state index contributed by atoms with van der Waals surface area (Å²) in [7, 11) is 0. The number of aryl methyl sites for hydroxylation is 1. The summed E-state index contributed by atoms with van der Waals surface area (Å²) >= 11 is 0. The smallest absolute Gasteiger partial charge is 0.317 e. The molecule has 0 bridgehead atoms. The molecule has 5 nitrogen and oxygen atoms in total. The third-order valence-electron chi connectivity index (χ3n) is 3.81. The second kappa shape index (κ2) is 7.29. The van der Waals surface area contributed by atoms with Gasteiger partial charge in [0.05, 0.1) is 5.92 Å². The van der Waals surface area contributed by atoms with Crippen LogP contribution in [-0.2, 0) is 4.79 Å². The Bertz CT molecular complexity index is 525. The molecule has 1 heterocycles. The zero-order valence-corrected chi connectivity index (χ0v) is 13.6. The van der Waals surface area contributed by atoms with Gasteiger partial charge in [-0.3, -0.25) is 4.79 Å². The fraction of sp³-hybridized carbons (Fsp3) is 0.529. The number of amides is 3. The number of likely N-dealkylation sites (tertiary alicyclic amines) is 1. The van der Waals surface area contributed by atoms with Crippen molar-refractivity contribution in [2.24, 2.45) is 5.92 Å². The molecule has 0 aromatic heterocycles. The number of hydrogen-bond donors (Lipinski definition) is 2. The van der Waals surface area contributed by atoms with Gasteiger partial charge in [-0.25, -0.2) is 4.79 Å². The van der Waals surface area contributed by atoms with Crippen LogP contribution in [0.3, 0.4) is 0 Å². The largest absolute Gasteiger partial charge is 0.336 e. The molecular formula is C17H25N3O2. The van der Waals surface area contributed by atoms with Crippen LogP contribution in [0.4, 0.5) is 10.5 Å². The highest BCUT2D eigenvalue weighted by atomic mass is 16.2. The summed E-state index contributed by atoms with van der Waals surface area (Å²) in [6.45, 7) is 7.08. The standard InChI is InChI=1S/C17H25N3O2/c1-12(2)18-17(22)20-10-4-5-14(11-20)16(21)19-15-8-6-13(3)7-9-15/h6-9,12,14H,4-5,10-11H2,1-3H3,(H,18,22)(H,19,21). The molecule has 3 amide bonds. The first-order valence-corrected chi connectivity index (χ1v) is 7.88. The van der Waals surface area contributed by atoms with Crippen LogP contribution in [-0.4, -0.2) is 36.0 Å². The van der Waals surface area contributed by atoms with Crippen molar-refractivity contribution in [3.63, 3.8) is 0 Å². The fourth-order valence-corrected chi connectivity index (χ4v) is 2.60. The Hall–Kier alpha value is -2.04. The number of rotatable bonds is 3. The van der Waals surface area contributed by atoms with E-state index in [2.05, 4.69) is 10.6 Å². The predicted molar refractivity (Wildman–Crippen MR) is 87.8 cm³/mol. The van der Waals surface area contributed by atoms with E-state index in [1.807, 2.05) is 45.0 Å². The minimum absolute atomic E-state index is 0.00843. The average molecular weight is 303 g/mol. The highest BCUT2D eigenvalue weighted by Gasteiger charge is 2.28. The minimum Gasteiger partial charge on any atom is -0.336 e. The van der Waals surface area contributed by atoms with E-state index in [0.717, 1.165) is 24.1 Å².